The molecule has 102 valence electrons. The molecular formula is C14H21N5. The largest absolute Gasteiger partial charge is 0.342 e. The van der Waals surface area contributed by atoms with Crippen LogP contribution in [-0.4, -0.2) is 32.8 Å². The standard InChI is InChI=1S/C14H21N5/c1-9-13(10(2)19(3)18-9)12-8-16-14(17-12)11-5-4-6-15-7-11/h8,11,15H,4-7H2,1-3H3,(H,16,17). The van der Waals surface area contributed by atoms with Gasteiger partial charge in [0.1, 0.15) is 5.82 Å². The number of imidazole rings is 1. The minimum Gasteiger partial charge on any atom is -0.342 e. The van der Waals surface area contributed by atoms with Gasteiger partial charge in [0.25, 0.3) is 0 Å². The van der Waals surface area contributed by atoms with Crippen molar-refractivity contribution >= 4 is 0 Å². The van der Waals surface area contributed by atoms with Crippen molar-refractivity contribution in [3.63, 3.8) is 0 Å². The van der Waals surface area contributed by atoms with Gasteiger partial charge in [-0.1, -0.05) is 0 Å². The van der Waals surface area contributed by atoms with Gasteiger partial charge in [0.15, 0.2) is 0 Å². The van der Waals surface area contributed by atoms with Gasteiger partial charge in [-0.2, -0.15) is 5.10 Å². The Kier molecular flexibility index (Phi) is 3.14. The lowest BCUT2D eigenvalue weighted by Gasteiger charge is -2.20. The van der Waals surface area contributed by atoms with Gasteiger partial charge in [0.05, 0.1) is 17.6 Å². The summed E-state index contributed by atoms with van der Waals surface area (Å²) in [5.41, 5.74) is 4.50. The summed E-state index contributed by atoms with van der Waals surface area (Å²) >= 11 is 0. The highest BCUT2D eigenvalue weighted by Crippen LogP contribution is 2.27. The number of aryl methyl sites for hydroxylation is 2. The minimum absolute atomic E-state index is 0.514. The van der Waals surface area contributed by atoms with Crippen molar-refractivity contribution in [2.24, 2.45) is 7.05 Å². The first kappa shape index (κ1) is 12.4. The van der Waals surface area contributed by atoms with Crippen LogP contribution in [0.4, 0.5) is 0 Å². The molecule has 1 saturated heterocycles. The molecule has 1 fully saturated rings. The van der Waals surface area contributed by atoms with E-state index in [9.17, 15) is 0 Å². The molecule has 2 aromatic rings. The van der Waals surface area contributed by atoms with Crippen molar-refractivity contribution in [1.29, 1.82) is 0 Å². The maximum atomic E-state index is 4.58. The SMILES string of the molecule is Cc1nn(C)c(C)c1-c1cnc(C2CCCNC2)[nH]1. The third-order valence-electron chi connectivity index (χ3n) is 4.06. The van der Waals surface area contributed by atoms with Gasteiger partial charge in [-0.15, -0.1) is 0 Å². The molecular weight excluding hydrogens is 238 g/mol. The predicted molar refractivity (Wildman–Crippen MR) is 75.1 cm³/mol. The Morgan fingerprint density at radius 2 is 2.21 bits per heavy atom. The van der Waals surface area contributed by atoms with E-state index in [4.69, 9.17) is 0 Å². The average Bonchev–Trinajstić information content (AvgIpc) is 2.97. The van der Waals surface area contributed by atoms with E-state index < -0.39 is 0 Å². The summed E-state index contributed by atoms with van der Waals surface area (Å²) in [4.78, 5) is 8.06. The van der Waals surface area contributed by atoms with Crippen LogP contribution in [0.2, 0.25) is 0 Å². The molecule has 0 saturated carbocycles. The first-order valence-electron chi connectivity index (χ1n) is 6.93. The zero-order valence-corrected chi connectivity index (χ0v) is 11.8. The average molecular weight is 259 g/mol. The Balaban J connectivity index is 1.92. The van der Waals surface area contributed by atoms with E-state index in [1.54, 1.807) is 0 Å². The van der Waals surface area contributed by atoms with Gasteiger partial charge in [0.2, 0.25) is 0 Å². The molecule has 3 heterocycles. The summed E-state index contributed by atoms with van der Waals surface area (Å²) in [6, 6.07) is 0. The number of aromatic amines is 1. The second-order valence-electron chi connectivity index (χ2n) is 5.39. The predicted octanol–water partition coefficient (Wildman–Crippen LogP) is 1.89. The van der Waals surface area contributed by atoms with Gasteiger partial charge >= 0.3 is 0 Å². The number of H-pyrrole nitrogens is 1. The van der Waals surface area contributed by atoms with E-state index in [0.717, 1.165) is 30.3 Å². The molecule has 5 nitrogen and oxygen atoms in total. The van der Waals surface area contributed by atoms with Crippen LogP contribution in [0.5, 0.6) is 0 Å². The van der Waals surface area contributed by atoms with Gasteiger partial charge in [-0.25, -0.2) is 4.98 Å². The molecule has 0 bridgehead atoms. The third kappa shape index (κ3) is 2.18. The van der Waals surface area contributed by atoms with Crippen molar-refractivity contribution in [1.82, 2.24) is 25.1 Å². The third-order valence-corrected chi connectivity index (χ3v) is 4.06. The van der Waals surface area contributed by atoms with Crippen LogP contribution in [0.3, 0.4) is 0 Å². The maximum Gasteiger partial charge on any atom is 0.110 e. The Labute approximate surface area is 113 Å². The van der Waals surface area contributed by atoms with Crippen molar-refractivity contribution in [3.8, 4) is 11.3 Å². The van der Waals surface area contributed by atoms with Gasteiger partial charge < -0.3 is 10.3 Å². The van der Waals surface area contributed by atoms with Gasteiger partial charge in [-0.3, -0.25) is 4.68 Å². The van der Waals surface area contributed by atoms with Crippen molar-refractivity contribution in [3.05, 3.63) is 23.4 Å². The lowest BCUT2D eigenvalue weighted by molar-refractivity contribution is 0.449. The fourth-order valence-electron chi connectivity index (χ4n) is 2.92. The van der Waals surface area contributed by atoms with Crippen LogP contribution in [0, 0.1) is 13.8 Å². The summed E-state index contributed by atoms with van der Waals surface area (Å²) in [6.45, 7) is 6.30. The van der Waals surface area contributed by atoms with Gasteiger partial charge in [0, 0.05) is 30.8 Å². The summed E-state index contributed by atoms with van der Waals surface area (Å²) in [5, 5.41) is 7.90. The fraction of sp³-hybridized carbons (Fsp3) is 0.571. The molecule has 0 aliphatic carbocycles. The summed E-state index contributed by atoms with van der Waals surface area (Å²) < 4.78 is 1.92. The lowest BCUT2D eigenvalue weighted by atomic mass is 9.99. The molecule has 0 radical (unpaired) electrons. The molecule has 3 rings (SSSR count). The lowest BCUT2D eigenvalue weighted by Crippen LogP contribution is -2.28. The van der Waals surface area contributed by atoms with E-state index >= 15 is 0 Å². The molecule has 19 heavy (non-hydrogen) atoms. The number of hydrogen-bond acceptors (Lipinski definition) is 3. The van der Waals surface area contributed by atoms with Gasteiger partial charge in [-0.05, 0) is 33.2 Å². The van der Waals surface area contributed by atoms with Crippen molar-refractivity contribution in [2.45, 2.75) is 32.6 Å². The fourth-order valence-corrected chi connectivity index (χ4v) is 2.92. The number of nitrogens with one attached hydrogen (secondary N) is 2. The molecule has 2 N–H and O–H groups in total. The van der Waals surface area contributed by atoms with E-state index in [0.29, 0.717) is 5.92 Å². The van der Waals surface area contributed by atoms with E-state index in [1.165, 1.54) is 24.1 Å². The number of nitrogens with zero attached hydrogens (tertiary/aromatic N) is 3. The van der Waals surface area contributed by atoms with Crippen LogP contribution in [0.1, 0.15) is 36.0 Å². The van der Waals surface area contributed by atoms with Crippen molar-refractivity contribution in [2.75, 3.05) is 13.1 Å². The van der Waals surface area contributed by atoms with Crippen LogP contribution in [0.15, 0.2) is 6.20 Å². The molecule has 2 aromatic heterocycles. The monoisotopic (exact) mass is 259 g/mol. The smallest absolute Gasteiger partial charge is 0.110 e. The number of piperidine rings is 1. The second kappa shape index (κ2) is 4.81. The topological polar surface area (TPSA) is 58.5 Å². The summed E-state index contributed by atoms with van der Waals surface area (Å²) in [5.74, 6) is 1.62. The highest BCUT2D eigenvalue weighted by molar-refractivity contribution is 5.64. The number of hydrogen-bond donors (Lipinski definition) is 2. The Morgan fingerprint density at radius 1 is 1.37 bits per heavy atom. The number of rotatable bonds is 2. The first-order chi connectivity index (χ1) is 9.16. The van der Waals surface area contributed by atoms with Crippen LogP contribution in [-0.2, 0) is 7.05 Å². The molecule has 0 spiro atoms. The van der Waals surface area contributed by atoms with Crippen LogP contribution < -0.4 is 5.32 Å². The Hall–Kier alpha value is -1.62. The van der Waals surface area contributed by atoms with E-state index in [2.05, 4.69) is 27.3 Å². The highest BCUT2D eigenvalue weighted by atomic mass is 15.3. The quantitative estimate of drug-likeness (QED) is 0.866. The molecule has 0 aromatic carbocycles. The molecule has 5 heteroatoms. The second-order valence-corrected chi connectivity index (χ2v) is 5.39. The Bertz CT molecular complexity index is 575. The molecule has 1 aliphatic rings. The Morgan fingerprint density at radius 3 is 2.84 bits per heavy atom. The normalized spacial score (nSPS) is 19.8. The molecule has 1 atom stereocenters. The molecule has 1 unspecified atom stereocenters. The van der Waals surface area contributed by atoms with Crippen LogP contribution in [0.25, 0.3) is 11.3 Å². The zero-order chi connectivity index (χ0) is 13.4. The molecule has 0 amide bonds. The zero-order valence-electron chi connectivity index (χ0n) is 11.8. The van der Waals surface area contributed by atoms with Crippen LogP contribution >= 0.6 is 0 Å². The summed E-state index contributed by atoms with van der Waals surface area (Å²) in [6.07, 6.45) is 4.39. The van der Waals surface area contributed by atoms with E-state index in [1.807, 2.05) is 24.9 Å². The maximum absolute atomic E-state index is 4.58. The minimum atomic E-state index is 0.514. The molecule has 1 aliphatic heterocycles. The first-order valence-corrected chi connectivity index (χ1v) is 6.93. The highest BCUT2D eigenvalue weighted by Gasteiger charge is 2.20. The summed E-state index contributed by atoms with van der Waals surface area (Å²) in [7, 11) is 1.98. The van der Waals surface area contributed by atoms with Crippen molar-refractivity contribution < 1.29 is 0 Å². The number of aromatic nitrogens is 4. The van der Waals surface area contributed by atoms with E-state index in [-0.39, 0.29) is 0 Å².